The highest BCUT2D eigenvalue weighted by Crippen LogP contribution is 2.28. The Morgan fingerprint density at radius 2 is 2.11 bits per heavy atom. The SMILES string of the molecule is C=C(/C=C(\C)c1cc(=O)c(C(=O)OC)cn1CCC)c1c(F)cccc1Cl. The Balaban J connectivity index is 2.54. The van der Waals surface area contributed by atoms with E-state index in [0.717, 1.165) is 6.42 Å². The zero-order chi connectivity index (χ0) is 20.1. The number of pyridine rings is 1. The van der Waals surface area contributed by atoms with Crippen LogP contribution in [0.5, 0.6) is 0 Å². The first-order chi connectivity index (χ1) is 12.8. The van der Waals surface area contributed by atoms with Crippen LogP contribution >= 0.6 is 11.6 Å². The third kappa shape index (κ3) is 4.55. The monoisotopic (exact) mass is 389 g/mol. The molecule has 0 aliphatic heterocycles. The Hall–Kier alpha value is -2.66. The van der Waals surface area contributed by atoms with E-state index in [9.17, 15) is 14.0 Å². The van der Waals surface area contributed by atoms with Crippen molar-refractivity contribution in [1.82, 2.24) is 4.57 Å². The van der Waals surface area contributed by atoms with Crippen molar-refractivity contribution in [2.75, 3.05) is 7.11 Å². The van der Waals surface area contributed by atoms with Gasteiger partial charge in [-0.2, -0.15) is 0 Å². The molecule has 0 bridgehead atoms. The molecule has 0 N–H and O–H groups in total. The van der Waals surface area contributed by atoms with Crippen molar-refractivity contribution in [3.05, 3.63) is 81.0 Å². The van der Waals surface area contributed by atoms with Gasteiger partial charge in [-0.3, -0.25) is 4.79 Å². The highest BCUT2D eigenvalue weighted by molar-refractivity contribution is 6.32. The highest BCUT2D eigenvalue weighted by Gasteiger charge is 2.15. The maximum atomic E-state index is 14.1. The van der Waals surface area contributed by atoms with E-state index in [2.05, 4.69) is 11.3 Å². The first kappa shape index (κ1) is 20.6. The van der Waals surface area contributed by atoms with Crippen molar-refractivity contribution >= 4 is 28.7 Å². The summed E-state index contributed by atoms with van der Waals surface area (Å²) in [5.41, 5.74) is 1.45. The lowest BCUT2D eigenvalue weighted by molar-refractivity contribution is 0.0598. The van der Waals surface area contributed by atoms with E-state index in [0.29, 0.717) is 23.4 Å². The van der Waals surface area contributed by atoms with Crippen LogP contribution in [0.25, 0.3) is 11.1 Å². The molecular weight excluding hydrogens is 369 g/mol. The lowest BCUT2D eigenvalue weighted by atomic mass is 10.0. The van der Waals surface area contributed by atoms with Crippen molar-refractivity contribution in [3.63, 3.8) is 0 Å². The Morgan fingerprint density at radius 3 is 2.70 bits per heavy atom. The molecule has 6 heteroatoms. The van der Waals surface area contributed by atoms with E-state index in [1.165, 1.54) is 31.5 Å². The number of hydrogen-bond donors (Lipinski definition) is 0. The molecule has 0 radical (unpaired) electrons. The third-order valence-electron chi connectivity index (χ3n) is 4.08. The molecule has 142 valence electrons. The van der Waals surface area contributed by atoms with E-state index in [1.807, 2.05) is 6.92 Å². The number of halogens is 2. The average molecular weight is 390 g/mol. The van der Waals surface area contributed by atoms with Gasteiger partial charge in [0.1, 0.15) is 11.4 Å². The minimum absolute atomic E-state index is 0.0292. The molecule has 0 spiro atoms. The fraction of sp³-hybridized carbons (Fsp3) is 0.238. The molecule has 0 fully saturated rings. The number of nitrogens with zero attached hydrogens (tertiary/aromatic N) is 1. The number of aromatic nitrogens is 1. The van der Waals surface area contributed by atoms with Crippen LogP contribution in [-0.2, 0) is 11.3 Å². The summed E-state index contributed by atoms with van der Waals surface area (Å²) < 4.78 is 20.6. The maximum Gasteiger partial charge on any atom is 0.343 e. The molecule has 0 aliphatic rings. The zero-order valence-electron chi connectivity index (χ0n) is 15.5. The van der Waals surface area contributed by atoms with Gasteiger partial charge in [0.25, 0.3) is 0 Å². The first-order valence-electron chi connectivity index (χ1n) is 8.44. The van der Waals surface area contributed by atoms with Gasteiger partial charge in [-0.1, -0.05) is 31.2 Å². The van der Waals surface area contributed by atoms with Gasteiger partial charge in [-0.25, -0.2) is 9.18 Å². The Kier molecular flexibility index (Phi) is 6.75. The Morgan fingerprint density at radius 1 is 1.41 bits per heavy atom. The van der Waals surface area contributed by atoms with Gasteiger partial charge in [0.15, 0.2) is 5.43 Å². The molecule has 0 amide bonds. The van der Waals surface area contributed by atoms with Gasteiger partial charge in [-0.15, -0.1) is 0 Å². The number of aryl methyl sites for hydroxylation is 1. The molecule has 4 nitrogen and oxygen atoms in total. The second kappa shape index (κ2) is 8.82. The lowest BCUT2D eigenvalue weighted by Crippen LogP contribution is -2.21. The van der Waals surface area contributed by atoms with Crippen molar-refractivity contribution in [1.29, 1.82) is 0 Å². The van der Waals surface area contributed by atoms with Crippen molar-refractivity contribution in [3.8, 4) is 0 Å². The molecule has 1 aromatic carbocycles. The number of rotatable bonds is 6. The quantitative estimate of drug-likeness (QED) is 0.518. The van der Waals surface area contributed by atoms with Crippen LogP contribution in [-0.4, -0.2) is 17.6 Å². The molecule has 27 heavy (non-hydrogen) atoms. The Labute approximate surface area is 162 Å². The molecule has 1 heterocycles. The summed E-state index contributed by atoms with van der Waals surface area (Å²) in [5, 5.41) is 0.260. The molecule has 2 aromatic rings. The summed E-state index contributed by atoms with van der Waals surface area (Å²) >= 11 is 6.09. The van der Waals surface area contributed by atoms with E-state index in [4.69, 9.17) is 11.6 Å². The minimum atomic E-state index is -0.680. The number of carbonyl (C=O) groups excluding carboxylic acids is 1. The number of esters is 1. The van der Waals surface area contributed by atoms with Gasteiger partial charge in [-0.05, 0) is 42.7 Å². The average Bonchev–Trinajstić information content (AvgIpc) is 2.62. The van der Waals surface area contributed by atoms with Crippen LogP contribution < -0.4 is 5.43 Å². The molecule has 0 saturated carbocycles. The maximum absolute atomic E-state index is 14.1. The van der Waals surface area contributed by atoms with Crippen LogP contribution in [0.15, 0.2) is 47.9 Å². The molecular formula is C21H21ClFNO3. The second-order valence-electron chi connectivity index (χ2n) is 6.07. The topological polar surface area (TPSA) is 48.3 Å². The van der Waals surface area contributed by atoms with Crippen molar-refractivity contribution in [2.45, 2.75) is 26.8 Å². The number of allylic oxidation sites excluding steroid dienone is 3. The molecule has 2 rings (SSSR count). The van der Waals surface area contributed by atoms with Gasteiger partial charge in [0, 0.05) is 30.1 Å². The number of benzene rings is 1. The van der Waals surface area contributed by atoms with Crippen molar-refractivity contribution in [2.24, 2.45) is 0 Å². The van der Waals surface area contributed by atoms with Crippen molar-refractivity contribution < 1.29 is 13.9 Å². The van der Waals surface area contributed by atoms with E-state index in [-0.39, 0.29) is 16.1 Å². The Bertz CT molecular complexity index is 956. The van der Waals surface area contributed by atoms with E-state index >= 15 is 0 Å². The fourth-order valence-corrected chi connectivity index (χ4v) is 3.10. The minimum Gasteiger partial charge on any atom is -0.465 e. The van der Waals surface area contributed by atoms with Crippen LogP contribution in [0.3, 0.4) is 0 Å². The van der Waals surface area contributed by atoms with Crippen LogP contribution in [0, 0.1) is 5.82 Å². The predicted octanol–water partition coefficient (Wildman–Crippen LogP) is 4.95. The summed E-state index contributed by atoms with van der Waals surface area (Å²) in [7, 11) is 1.23. The van der Waals surface area contributed by atoms with E-state index < -0.39 is 17.2 Å². The lowest BCUT2D eigenvalue weighted by Gasteiger charge is -2.15. The number of hydrogen-bond acceptors (Lipinski definition) is 3. The summed E-state index contributed by atoms with van der Waals surface area (Å²) in [5.74, 6) is -1.15. The normalized spacial score (nSPS) is 11.4. The first-order valence-corrected chi connectivity index (χ1v) is 8.82. The van der Waals surface area contributed by atoms with Gasteiger partial charge < -0.3 is 9.30 Å². The summed E-state index contributed by atoms with van der Waals surface area (Å²) in [6.07, 6.45) is 3.95. The fourth-order valence-electron chi connectivity index (χ4n) is 2.82. The molecule has 0 unspecified atom stereocenters. The van der Waals surface area contributed by atoms with E-state index in [1.54, 1.807) is 23.6 Å². The summed E-state index contributed by atoms with van der Waals surface area (Å²) in [6.45, 7) is 8.28. The molecule has 0 saturated heterocycles. The van der Waals surface area contributed by atoms with Gasteiger partial charge >= 0.3 is 5.97 Å². The number of methoxy groups -OCH3 is 1. The predicted molar refractivity (Wildman–Crippen MR) is 106 cm³/mol. The molecule has 1 aromatic heterocycles. The summed E-state index contributed by atoms with van der Waals surface area (Å²) in [4.78, 5) is 24.1. The number of carbonyl (C=O) groups is 1. The third-order valence-corrected chi connectivity index (χ3v) is 4.39. The van der Waals surface area contributed by atoms with Crippen LogP contribution in [0.2, 0.25) is 5.02 Å². The zero-order valence-corrected chi connectivity index (χ0v) is 16.3. The standard InChI is InChI=1S/C21H21ClFNO3/c1-5-9-24-12-15(21(26)27-4)19(25)11-18(24)13(2)10-14(3)20-16(22)7-6-8-17(20)23/h6-8,10-12H,3,5,9H2,1-2,4H3/b13-10+. The smallest absolute Gasteiger partial charge is 0.343 e. The highest BCUT2D eigenvalue weighted by atomic mass is 35.5. The van der Waals surface area contributed by atoms with Gasteiger partial charge in [0.05, 0.1) is 12.1 Å². The second-order valence-corrected chi connectivity index (χ2v) is 6.48. The summed E-state index contributed by atoms with van der Waals surface area (Å²) in [6, 6.07) is 5.81. The van der Waals surface area contributed by atoms with Gasteiger partial charge in [0.2, 0.25) is 0 Å². The van der Waals surface area contributed by atoms with Crippen LogP contribution in [0.1, 0.15) is 41.9 Å². The molecule has 0 atom stereocenters. The number of ether oxygens (including phenoxy) is 1. The van der Waals surface area contributed by atoms with Crippen LogP contribution in [0.4, 0.5) is 4.39 Å². The molecule has 0 aliphatic carbocycles. The largest absolute Gasteiger partial charge is 0.465 e.